The first-order valence-corrected chi connectivity index (χ1v) is 12.4. The molecular formula is C21H19N3O7S2. The van der Waals surface area contributed by atoms with Gasteiger partial charge in [0.1, 0.15) is 11.4 Å². The highest BCUT2D eigenvalue weighted by Crippen LogP contribution is 2.36. The van der Waals surface area contributed by atoms with Crippen LogP contribution >= 0.6 is 11.8 Å². The summed E-state index contributed by atoms with van der Waals surface area (Å²) in [5.74, 6) is -2.07. The molecule has 33 heavy (non-hydrogen) atoms. The van der Waals surface area contributed by atoms with Crippen LogP contribution < -0.4 is 15.0 Å². The number of aromatic nitrogens is 1. The van der Waals surface area contributed by atoms with Crippen molar-refractivity contribution in [1.29, 1.82) is 0 Å². The maximum Gasteiger partial charge on any atom is 0.281 e. The van der Waals surface area contributed by atoms with Gasteiger partial charge in [-0.05, 0) is 5.56 Å². The number of amides is 2. The van der Waals surface area contributed by atoms with E-state index in [1.54, 1.807) is 41.4 Å². The molecule has 2 unspecified atom stereocenters. The van der Waals surface area contributed by atoms with Crippen LogP contribution in [0.4, 0.5) is 0 Å². The van der Waals surface area contributed by atoms with Gasteiger partial charge in [0.25, 0.3) is 16.0 Å². The van der Waals surface area contributed by atoms with Crippen molar-refractivity contribution in [3.63, 3.8) is 0 Å². The predicted molar refractivity (Wildman–Crippen MR) is 115 cm³/mol. The minimum atomic E-state index is -4.74. The summed E-state index contributed by atoms with van der Waals surface area (Å²) >= 11 is 1.41. The summed E-state index contributed by atoms with van der Waals surface area (Å²) in [6.07, 6.45) is 4.88. The van der Waals surface area contributed by atoms with Crippen molar-refractivity contribution in [2.24, 2.45) is 0 Å². The second kappa shape index (κ2) is 8.96. The van der Waals surface area contributed by atoms with Gasteiger partial charge in [-0.1, -0.05) is 30.3 Å². The Morgan fingerprint density at radius 2 is 1.88 bits per heavy atom. The highest BCUT2D eigenvalue weighted by Gasteiger charge is 2.50. The maximum atomic E-state index is 12.7. The van der Waals surface area contributed by atoms with Crippen LogP contribution in [0.3, 0.4) is 0 Å². The fraction of sp³-hybridized carbons (Fsp3) is 0.238. The largest absolute Gasteiger partial charge is 0.545 e. The Hall–Kier alpha value is -3.22. The van der Waals surface area contributed by atoms with Crippen molar-refractivity contribution in [2.45, 2.75) is 23.2 Å². The SMILES string of the molecule is O=C([O-])c1cc[n+](CC2=CN3C(=O)C(NC(=O)C(c4ccccc4)S(=O)(=O)O)[C@H]3SC2)cc1. The van der Waals surface area contributed by atoms with Crippen molar-refractivity contribution in [3.05, 3.63) is 77.8 Å². The molecule has 3 heterocycles. The van der Waals surface area contributed by atoms with E-state index >= 15 is 0 Å². The van der Waals surface area contributed by atoms with Crippen molar-refractivity contribution >= 4 is 39.7 Å². The Kier molecular flexibility index (Phi) is 6.23. The predicted octanol–water partition coefficient (Wildman–Crippen LogP) is -0.749. The van der Waals surface area contributed by atoms with E-state index in [1.165, 1.54) is 40.9 Å². The molecule has 2 aliphatic rings. The number of aromatic carboxylic acids is 1. The normalized spacial score (nSPS) is 20.8. The van der Waals surface area contributed by atoms with E-state index < -0.39 is 44.6 Å². The summed E-state index contributed by atoms with van der Waals surface area (Å²) in [4.78, 5) is 37.6. The van der Waals surface area contributed by atoms with Gasteiger partial charge in [0.2, 0.25) is 5.91 Å². The Balaban J connectivity index is 1.43. The second-order valence-electron chi connectivity index (χ2n) is 7.57. The van der Waals surface area contributed by atoms with E-state index in [0.29, 0.717) is 12.3 Å². The molecule has 2 aromatic rings. The number of carboxylic acid groups (broad SMARTS) is 1. The number of carbonyl (C=O) groups excluding carboxylic acids is 3. The van der Waals surface area contributed by atoms with Crippen LogP contribution in [-0.2, 0) is 26.3 Å². The molecule has 3 atom stereocenters. The molecule has 2 amide bonds. The molecule has 0 spiro atoms. The average Bonchev–Trinajstić information content (AvgIpc) is 2.77. The number of hydrogen-bond acceptors (Lipinski definition) is 7. The summed E-state index contributed by atoms with van der Waals surface area (Å²) in [6, 6.07) is 9.50. The Bertz CT molecular complexity index is 1230. The number of benzene rings is 1. The highest BCUT2D eigenvalue weighted by molar-refractivity contribution is 8.00. The quantitative estimate of drug-likeness (QED) is 0.293. The summed E-state index contributed by atoms with van der Waals surface area (Å²) in [5, 5.41) is 11.1. The number of fused-ring (bicyclic) bond motifs is 1. The lowest BCUT2D eigenvalue weighted by molar-refractivity contribution is -0.689. The van der Waals surface area contributed by atoms with Crippen molar-refractivity contribution in [3.8, 4) is 0 Å². The Labute approximate surface area is 193 Å². The zero-order chi connectivity index (χ0) is 23.8. The van der Waals surface area contributed by atoms with Crippen LogP contribution in [0.15, 0.2) is 66.6 Å². The Morgan fingerprint density at radius 3 is 2.48 bits per heavy atom. The van der Waals surface area contributed by atoms with Gasteiger partial charge in [-0.15, -0.1) is 11.8 Å². The van der Waals surface area contributed by atoms with Crippen molar-refractivity contribution in [2.75, 3.05) is 5.75 Å². The fourth-order valence-electron chi connectivity index (χ4n) is 3.69. The number of nitrogens with zero attached hydrogens (tertiary/aromatic N) is 2. The number of carbonyl (C=O) groups is 3. The first kappa shape index (κ1) is 23.0. The third kappa shape index (κ3) is 4.77. The zero-order valence-electron chi connectivity index (χ0n) is 17.0. The first-order valence-electron chi connectivity index (χ1n) is 9.80. The van der Waals surface area contributed by atoms with E-state index in [-0.39, 0.29) is 11.1 Å². The molecule has 2 N–H and O–H groups in total. The fourth-order valence-corrected chi connectivity index (χ4v) is 5.79. The smallest absolute Gasteiger partial charge is 0.281 e. The summed E-state index contributed by atoms with van der Waals surface area (Å²) in [5.41, 5.74) is 1.07. The van der Waals surface area contributed by atoms with Gasteiger partial charge in [-0.2, -0.15) is 8.42 Å². The first-order chi connectivity index (χ1) is 15.6. The molecule has 2 aliphatic heterocycles. The molecule has 1 saturated heterocycles. The molecule has 0 aliphatic carbocycles. The van der Waals surface area contributed by atoms with Gasteiger partial charge in [0.05, 0.1) is 5.97 Å². The van der Waals surface area contributed by atoms with Crippen LogP contribution in [0.1, 0.15) is 21.2 Å². The Morgan fingerprint density at radius 1 is 1.21 bits per heavy atom. The monoisotopic (exact) mass is 489 g/mol. The number of nitrogens with one attached hydrogen (secondary N) is 1. The molecule has 0 radical (unpaired) electrons. The van der Waals surface area contributed by atoms with Gasteiger partial charge in [-0.25, -0.2) is 4.57 Å². The molecule has 1 fully saturated rings. The molecule has 10 nitrogen and oxygen atoms in total. The summed E-state index contributed by atoms with van der Waals surface area (Å²) in [6.45, 7) is 0.437. The van der Waals surface area contributed by atoms with Gasteiger partial charge in [0, 0.05) is 35.2 Å². The topological polar surface area (TPSA) is 148 Å². The maximum absolute atomic E-state index is 12.7. The molecule has 172 valence electrons. The third-order valence-corrected chi connectivity index (χ3v) is 7.75. The number of carboxylic acids is 1. The van der Waals surface area contributed by atoms with E-state index in [4.69, 9.17) is 0 Å². The van der Waals surface area contributed by atoms with Crippen LogP contribution in [0.2, 0.25) is 0 Å². The second-order valence-corrected chi connectivity index (χ2v) is 10.2. The van der Waals surface area contributed by atoms with E-state index in [9.17, 15) is 32.5 Å². The van der Waals surface area contributed by atoms with Gasteiger partial charge in [-0.3, -0.25) is 14.1 Å². The minimum absolute atomic E-state index is 0.0634. The molecular weight excluding hydrogens is 470 g/mol. The molecule has 1 aromatic heterocycles. The lowest BCUT2D eigenvalue weighted by atomic mass is 10.1. The van der Waals surface area contributed by atoms with Gasteiger partial charge >= 0.3 is 0 Å². The van der Waals surface area contributed by atoms with E-state index in [1.807, 2.05) is 0 Å². The third-order valence-electron chi connectivity index (χ3n) is 5.29. The molecule has 12 heteroatoms. The number of rotatable bonds is 7. The molecule has 0 bridgehead atoms. The van der Waals surface area contributed by atoms with Crippen LogP contribution in [-0.4, -0.2) is 52.8 Å². The number of pyridine rings is 1. The molecule has 0 saturated carbocycles. The summed E-state index contributed by atoms with van der Waals surface area (Å²) < 4.78 is 35.0. The minimum Gasteiger partial charge on any atom is -0.545 e. The van der Waals surface area contributed by atoms with Crippen LogP contribution in [0.25, 0.3) is 0 Å². The van der Waals surface area contributed by atoms with Crippen LogP contribution in [0.5, 0.6) is 0 Å². The van der Waals surface area contributed by atoms with Gasteiger partial charge < -0.3 is 20.1 Å². The highest BCUT2D eigenvalue weighted by atomic mass is 32.2. The number of β-lactam (4-membered cyclic amide) rings is 1. The summed E-state index contributed by atoms with van der Waals surface area (Å²) in [7, 11) is -4.74. The molecule has 1 aromatic carbocycles. The van der Waals surface area contributed by atoms with E-state index in [0.717, 1.165) is 5.57 Å². The van der Waals surface area contributed by atoms with Crippen molar-refractivity contribution in [1.82, 2.24) is 10.2 Å². The zero-order valence-corrected chi connectivity index (χ0v) is 18.7. The van der Waals surface area contributed by atoms with Crippen molar-refractivity contribution < 1.29 is 37.0 Å². The standard InChI is InChI=1S/C21H19N3O7S2/c25-18(17(33(29,30)31)14-4-2-1-3-5-14)22-16-19(26)24-11-13(12-32-20(16)24)10-23-8-6-15(7-9-23)21(27)28/h1-9,11,16-17,20H,10,12H2,(H2-,22,25,27,28,29,30,31)/t16?,17?,20-/m1/s1. The number of hydrogen-bond donors (Lipinski definition) is 2. The van der Waals surface area contributed by atoms with Crippen LogP contribution in [0, 0.1) is 0 Å². The lowest BCUT2D eigenvalue weighted by Gasteiger charge is -2.47. The molecule has 4 rings (SSSR count). The average molecular weight is 490 g/mol. The van der Waals surface area contributed by atoms with Gasteiger partial charge in [0.15, 0.2) is 24.2 Å². The lowest BCUT2D eigenvalue weighted by Crippen LogP contribution is -2.69. The van der Waals surface area contributed by atoms with E-state index in [2.05, 4.69) is 5.32 Å². The number of thioether (sulfide) groups is 1.